The molecule has 1 unspecified atom stereocenters. The first kappa shape index (κ1) is 29.6. The van der Waals surface area contributed by atoms with Crippen LogP contribution in [0.1, 0.15) is 27.2 Å². The molecule has 0 radical (unpaired) electrons. The summed E-state index contributed by atoms with van der Waals surface area (Å²) < 4.78 is 0. The van der Waals surface area contributed by atoms with Crippen molar-refractivity contribution in [1.29, 1.82) is 0 Å². The maximum atomic E-state index is 14.6. The van der Waals surface area contributed by atoms with Crippen LogP contribution in [0.5, 0.6) is 5.75 Å². The zero-order chi connectivity index (χ0) is 31.0. The molecule has 0 saturated heterocycles. The summed E-state index contributed by atoms with van der Waals surface area (Å²) in [4.78, 5) is 42.8. The average Bonchev–Trinajstić information content (AvgIpc) is 3.39. The summed E-state index contributed by atoms with van der Waals surface area (Å²) in [6.45, 7) is 3.70. The number of carbonyl (C=O) groups excluding carboxylic acids is 2. The van der Waals surface area contributed by atoms with Crippen molar-refractivity contribution in [3.05, 3.63) is 69.0 Å². The maximum absolute atomic E-state index is 14.6. The fourth-order valence-electron chi connectivity index (χ4n) is 6.84. The number of allylic oxidation sites excluding steroid dienone is 1. The number of phenolic OH excluding ortho intramolecular Hbond substituents is 1. The number of nitrogens with two attached hydrogens (primary N) is 1. The number of amides is 1. The lowest BCUT2D eigenvalue weighted by atomic mass is 9.57. The van der Waals surface area contributed by atoms with Crippen LogP contribution in [-0.2, 0) is 16.0 Å². The van der Waals surface area contributed by atoms with Crippen LogP contribution in [0.4, 0.5) is 5.69 Å². The first-order valence-corrected chi connectivity index (χ1v) is 14.5. The highest BCUT2D eigenvalue weighted by atomic mass is 32.1. The number of benzene rings is 1. The van der Waals surface area contributed by atoms with E-state index >= 15 is 0 Å². The molecule has 2 aromatic rings. The normalized spacial score (nSPS) is 25.1. The summed E-state index contributed by atoms with van der Waals surface area (Å²) in [6.07, 6.45) is 0.658. The molecule has 1 fully saturated rings. The number of carboxylic acid groups (broad SMARTS) is 1. The van der Waals surface area contributed by atoms with E-state index in [2.05, 4.69) is 21.5 Å². The first-order chi connectivity index (χ1) is 19.7. The van der Waals surface area contributed by atoms with Crippen LogP contribution in [0.15, 0.2) is 53.0 Å². The number of hydrogen-bond donors (Lipinski definition) is 5. The number of ketones is 1. The van der Waals surface area contributed by atoms with Crippen LogP contribution < -0.4 is 10.6 Å². The Morgan fingerprint density at radius 3 is 2.38 bits per heavy atom. The largest absolute Gasteiger partial charge is 0.510 e. The Hall–Kier alpha value is -3.88. The number of primary amides is 1. The lowest BCUT2D eigenvalue weighted by Crippen LogP contribution is -2.60. The van der Waals surface area contributed by atoms with Gasteiger partial charge in [0.25, 0.3) is 5.91 Å². The number of aromatic hydroxyl groups is 1. The van der Waals surface area contributed by atoms with Crippen molar-refractivity contribution in [1.82, 2.24) is 4.90 Å². The number of likely N-dealkylation sites (N-methyl/N-ethyl adjacent to an activating group) is 1. The molecule has 1 heterocycles. The fourth-order valence-corrected chi connectivity index (χ4v) is 8.42. The smallest absolute Gasteiger partial charge is 0.345 e. The van der Waals surface area contributed by atoms with Gasteiger partial charge in [-0.2, -0.15) is 0 Å². The number of aromatic carboxylic acids is 1. The average molecular weight is 610 g/mol. The molecule has 1 aromatic carbocycles. The molecule has 5 atom stereocenters. The minimum absolute atomic E-state index is 0.0434. The Labute approximate surface area is 249 Å². The minimum Gasteiger partial charge on any atom is -0.510 e. The molecule has 0 bridgehead atoms. The molecule has 0 spiro atoms. The summed E-state index contributed by atoms with van der Waals surface area (Å²) in [6, 6.07) is 4.06. The number of thiophene rings is 1. The number of aliphatic hydroxyl groups is 2. The van der Waals surface area contributed by atoms with Gasteiger partial charge in [0.2, 0.25) is 0 Å². The van der Waals surface area contributed by atoms with E-state index in [1.54, 1.807) is 31.1 Å². The highest BCUT2D eigenvalue weighted by molar-refractivity contribution is 7.22. The van der Waals surface area contributed by atoms with Crippen molar-refractivity contribution in [2.24, 2.45) is 17.6 Å². The van der Waals surface area contributed by atoms with Crippen molar-refractivity contribution in [2.75, 3.05) is 33.1 Å². The van der Waals surface area contributed by atoms with E-state index in [0.29, 0.717) is 34.5 Å². The number of Topliss-reactive ketones (excluding diaryl/α,β-unsaturated/α-hetero) is 1. The van der Waals surface area contributed by atoms with E-state index in [1.807, 2.05) is 19.0 Å². The van der Waals surface area contributed by atoms with E-state index in [-0.39, 0.29) is 44.4 Å². The van der Waals surface area contributed by atoms with E-state index in [0.717, 1.165) is 11.3 Å². The van der Waals surface area contributed by atoms with Crippen LogP contribution in [0.3, 0.4) is 0 Å². The van der Waals surface area contributed by atoms with Gasteiger partial charge in [0, 0.05) is 47.3 Å². The van der Waals surface area contributed by atoms with Crippen molar-refractivity contribution in [3.8, 4) is 16.2 Å². The predicted molar refractivity (Wildman–Crippen MR) is 164 cm³/mol. The quantitative estimate of drug-likeness (QED) is 0.252. The van der Waals surface area contributed by atoms with E-state index in [1.165, 1.54) is 6.07 Å². The molecule has 10 nitrogen and oxygen atoms in total. The monoisotopic (exact) mass is 609 g/mol. The Morgan fingerprint density at radius 1 is 1.19 bits per heavy atom. The number of aliphatic hydroxyl groups excluding tert-OH is 2. The zero-order valence-electron chi connectivity index (χ0n) is 23.6. The van der Waals surface area contributed by atoms with Crippen LogP contribution in [0.2, 0.25) is 0 Å². The third kappa shape index (κ3) is 4.03. The van der Waals surface area contributed by atoms with Crippen molar-refractivity contribution in [3.63, 3.8) is 0 Å². The molecule has 3 aliphatic rings. The second-order valence-corrected chi connectivity index (χ2v) is 13.3. The molecule has 1 aromatic heterocycles. The second-order valence-electron chi connectivity index (χ2n) is 11.3. The molecule has 3 aliphatic carbocycles. The van der Waals surface area contributed by atoms with Crippen molar-refractivity contribution >= 4 is 49.7 Å². The molecule has 6 N–H and O–H groups in total. The zero-order valence-corrected chi connectivity index (χ0v) is 25.5. The van der Waals surface area contributed by atoms with Gasteiger partial charge in [0.1, 0.15) is 22.1 Å². The molecule has 42 heavy (non-hydrogen) atoms. The number of phenols is 1. The highest BCUT2D eigenvalue weighted by Crippen LogP contribution is 2.59. The van der Waals surface area contributed by atoms with Gasteiger partial charge in [-0.15, -0.1) is 26.3 Å². The molecular weight excluding hydrogens is 577 g/mol. The Balaban J connectivity index is 1.77. The Bertz CT molecular complexity index is 1700. The van der Waals surface area contributed by atoms with Gasteiger partial charge in [0.15, 0.2) is 5.78 Å². The number of hydrogen-bond acceptors (Lipinski definition) is 9. The predicted octanol–water partition coefficient (Wildman–Crippen LogP) is 3.48. The van der Waals surface area contributed by atoms with Crippen molar-refractivity contribution < 1.29 is 34.8 Å². The molecular formula is C30H32N3O7PS. The fraction of sp³-hybridized carbons (Fsp3) is 0.333. The SMILES string of the molecule is C=C=C1C(C(N)=O)=C(O)[C@@H](N(C)C)[C@@H]2C[C@@H]3Cc4c(N(C)C)cc(-c5ccc(C(=O)O)s5)c(O)c4C(O)=C3C(=O)[C@]12P. The second kappa shape index (κ2) is 10.1. The van der Waals surface area contributed by atoms with Gasteiger partial charge in [-0.1, -0.05) is 6.58 Å². The number of carboxylic acids is 1. The topological polar surface area (TPSA) is 165 Å². The summed E-state index contributed by atoms with van der Waals surface area (Å²) in [5, 5.41) is 42.5. The molecule has 1 amide bonds. The van der Waals surface area contributed by atoms with Crippen molar-refractivity contribution in [2.45, 2.75) is 24.0 Å². The molecule has 1 saturated carbocycles. The van der Waals surface area contributed by atoms with Crippen LogP contribution in [0.25, 0.3) is 16.2 Å². The van der Waals surface area contributed by atoms with E-state index in [9.17, 15) is 34.8 Å². The van der Waals surface area contributed by atoms with Gasteiger partial charge < -0.3 is 31.1 Å². The lowest BCUT2D eigenvalue weighted by molar-refractivity contribution is -0.121. The maximum Gasteiger partial charge on any atom is 0.345 e. The minimum atomic E-state index is -1.49. The third-order valence-corrected chi connectivity index (χ3v) is 10.7. The van der Waals surface area contributed by atoms with Crippen LogP contribution in [0, 0.1) is 11.8 Å². The number of anilines is 1. The molecule has 220 valence electrons. The van der Waals surface area contributed by atoms with E-state index < -0.39 is 40.7 Å². The Morgan fingerprint density at radius 2 is 1.86 bits per heavy atom. The third-order valence-electron chi connectivity index (χ3n) is 8.60. The van der Waals surface area contributed by atoms with Gasteiger partial charge in [-0.05, 0) is 56.6 Å². The van der Waals surface area contributed by atoms with Gasteiger partial charge in [-0.25, -0.2) is 4.79 Å². The van der Waals surface area contributed by atoms with Gasteiger partial charge >= 0.3 is 5.97 Å². The summed E-state index contributed by atoms with van der Waals surface area (Å²) in [5.41, 5.74) is 10.0. The molecule has 0 aliphatic heterocycles. The van der Waals surface area contributed by atoms with Gasteiger partial charge in [-0.3, -0.25) is 14.5 Å². The van der Waals surface area contributed by atoms with Crippen LogP contribution >= 0.6 is 20.6 Å². The van der Waals surface area contributed by atoms with Crippen LogP contribution in [-0.4, -0.2) is 82.4 Å². The molecule has 5 rings (SSSR count). The Kier molecular flexibility index (Phi) is 7.15. The summed E-state index contributed by atoms with van der Waals surface area (Å²) >= 11 is 0.986. The first-order valence-electron chi connectivity index (χ1n) is 13.1. The highest BCUT2D eigenvalue weighted by Gasteiger charge is 2.61. The molecule has 12 heteroatoms. The summed E-state index contributed by atoms with van der Waals surface area (Å²) in [5.74, 6) is -4.44. The number of carbonyl (C=O) groups is 3. The number of nitrogens with zero attached hydrogens (tertiary/aromatic N) is 2. The number of rotatable bonds is 5. The number of fused-ring (bicyclic) bond motifs is 3. The van der Waals surface area contributed by atoms with Gasteiger partial charge in [0.05, 0.1) is 22.3 Å². The van der Waals surface area contributed by atoms with E-state index in [4.69, 9.17) is 5.73 Å². The summed E-state index contributed by atoms with van der Waals surface area (Å²) in [7, 11) is 9.65. The lowest BCUT2D eigenvalue weighted by Gasteiger charge is -2.53. The standard InChI is InChI=1S/C30H32N3O7PS/c1-6-15-22(28(31)38)26(36)23(33(4)5)16-10-12-9-13-17(32(2)3)11-14(18-7-8-19(42-18)29(39)40)24(34)21(13)25(35)20(12)27(37)30(15,16)41/h7-8,11-12,16,23,34-36H,1,9-10,41H2,2-5H3,(H2,31,38)(H,39,40)/t12-,16-,23-,30-/m0/s1.